The van der Waals surface area contributed by atoms with Gasteiger partial charge in [0.05, 0.1) is 13.0 Å². The summed E-state index contributed by atoms with van der Waals surface area (Å²) in [4.78, 5) is 11.1. The SMILES string of the molecule is CNC(c1cc(Br)ccc1OC)C(C)C(=O)O. The molecule has 2 N–H and O–H groups in total. The Balaban J connectivity index is 3.18. The highest BCUT2D eigenvalue weighted by Crippen LogP contribution is 2.32. The number of nitrogens with one attached hydrogen (secondary N) is 1. The molecule has 0 aliphatic heterocycles. The van der Waals surface area contributed by atoms with E-state index in [4.69, 9.17) is 9.84 Å². The van der Waals surface area contributed by atoms with Gasteiger partial charge in [-0.3, -0.25) is 4.79 Å². The number of carbonyl (C=O) groups is 1. The first-order valence-electron chi connectivity index (χ1n) is 5.24. The quantitative estimate of drug-likeness (QED) is 0.877. The van der Waals surface area contributed by atoms with Gasteiger partial charge in [0.2, 0.25) is 0 Å². The van der Waals surface area contributed by atoms with Gasteiger partial charge in [-0.15, -0.1) is 0 Å². The van der Waals surface area contributed by atoms with E-state index in [1.54, 1.807) is 21.1 Å². The van der Waals surface area contributed by atoms with Gasteiger partial charge >= 0.3 is 5.97 Å². The summed E-state index contributed by atoms with van der Waals surface area (Å²) >= 11 is 3.38. The van der Waals surface area contributed by atoms with Crippen LogP contribution in [0.1, 0.15) is 18.5 Å². The van der Waals surface area contributed by atoms with Crippen molar-refractivity contribution >= 4 is 21.9 Å². The lowest BCUT2D eigenvalue weighted by atomic mass is 9.94. The summed E-state index contributed by atoms with van der Waals surface area (Å²) in [5.74, 6) is -0.699. The van der Waals surface area contributed by atoms with Gasteiger partial charge in [-0.05, 0) is 25.2 Å². The maximum Gasteiger partial charge on any atom is 0.308 e. The minimum atomic E-state index is -0.841. The number of hydrogen-bond acceptors (Lipinski definition) is 3. The summed E-state index contributed by atoms with van der Waals surface area (Å²) in [6.45, 7) is 1.67. The molecule has 0 amide bonds. The molecular formula is C12H16BrNO3. The van der Waals surface area contributed by atoms with Crippen LogP contribution in [0.5, 0.6) is 5.75 Å². The number of methoxy groups -OCH3 is 1. The van der Waals surface area contributed by atoms with Crippen LogP contribution in [0.3, 0.4) is 0 Å². The highest BCUT2D eigenvalue weighted by Gasteiger charge is 2.26. The fourth-order valence-electron chi connectivity index (χ4n) is 1.77. The molecule has 0 aliphatic carbocycles. The van der Waals surface area contributed by atoms with Crippen molar-refractivity contribution in [2.45, 2.75) is 13.0 Å². The molecule has 1 aromatic carbocycles. The van der Waals surface area contributed by atoms with Gasteiger partial charge in [-0.1, -0.05) is 22.9 Å². The lowest BCUT2D eigenvalue weighted by Crippen LogP contribution is -2.29. The monoisotopic (exact) mass is 301 g/mol. The molecule has 0 spiro atoms. The summed E-state index contributed by atoms with van der Waals surface area (Å²) < 4.78 is 6.15. The van der Waals surface area contributed by atoms with Crippen LogP contribution in [0, 0.1) is 5.92 Å². The van der Waals surface area contributed by atoms with Crippen molar-refractivity contribution in [3.05, 3.63) is 28.2 Å². The summed E-state index contributed by atoms with van der Waals surface area (Å²) in [6.07, 6.45) is 0. The largest absolute Gasteiger partial charge is 0.496 e. The Bertz CT molecular complexity index is 409. The normalized spacial score (nSPS) is 14.1. The first-order valence-corrected chi connectivity index (χ1v) is 6.04. The molecule has 1 aromatic rings. The van der Waals surface area contributed by atoms with E-state index >= 15 is 0 Å². The number of halogens is 1. The number of benzene rings is 1. The lowest BCUT2D eigenvalue weighted by Gasteiger charge is -2.23. The Kier molecular flexibility index (Phi) is 4.96. The number of aliphatic carboxylic acids is 1. The molecule has 5 heteroatoms. The topological polar surface area (TPSA) is 58.6 Å². The zero-order valence-corrected chi connectivity index (χ0v) is 11.6. The molecule has 0 fully saturated rings. The Labute approximate surface area is 109 Å². The van der Waals surface area contributed by atoms with E-state index in [-0.39, 0.29) is 6.04 Å². The second-order valence-electron chi connectivity index (χ2n) is 3.78. The number of carboxylic acid groups (broad SMARTS) is 1. The minimum Gasteiger partial charge on any atom is -0.496 e. The van der Waals surface area contributed by atoms with E-state index in [1.165, 1.54) is 0 Å². The van der Waals surface area contributed by atoms with Crippen molar-refractivity contribution in [3.8, 4) is 5.75 Å². The zero-order valence-electron chi connectivity index (χ0n) is 10.0. The third kappa shape index (κ3) is 3.20. The smallest absolute Gasteiger partial charge is 0.308 e. The summed E-state index contributed by atoms with van der Waals surface area (Å²) in [5.41, 5.74) is 0.833. The molecule has 4 nitrogen and oxygen atoms in total. The first kappa shape index (κ1) is 14.0. The van der Waals surface area contributed by atoms with Crippen molar-refractivity contribution < 1.29 is 14.6 Å². The Morgan fingerprint density at radius 2 is 2.18 bits per heavy atom. The van der Waals surface area contributed by atoms with Gasteiger partial charge in [0.25, 0.3) is 0 Å². The highest BCUT2D eigenvalue weighted by molar-refractivity contribution is 9.10. The molecule has 0 radical (unpaired) electrons. The van der Waals surface area contributed by atoms with Crippen LogP contribution in [0.25, 0.3) is 0 Å². The Hall–Kier alpha value is -1.07. The molecule has 2 unspecified atom stereocenters. The molecule has 17 heavy (non-hydrogen) atoms. The summed E-state index contributed by atoms with van der Waals surface area (Å²) in [6, 6.07) is 5.26. The van der Waals surface area contributed by atoms with Crippen LogP contribution >= 0.6 is 15.9 Å². The second kappa shape index (κ2) is 6.02. The number of carboxylic acids is 1. The zero-order chi connectivity index (χ0) is 13.0. The fraction of sp³-hybridized carbons (Fsp3) is 0.417. The van der Waals surface area contributed by atoms with Gasteiger partial charge in [0.1, 0.15) is 5.75 Å². The van der Waals surface area contributed by atoms with Gasteiger partial charge in [0, 0.05) is 16.1 Å². The van der Waals surface area contributed by atoms with E-state index in [2.05, 4.69) is 21.2 Å². The predicted molar refractivity (Wildman–Crippen MR) is 69.3 cm³/mol. The second-order valence-corrected chi connectivity index (χ2v) is 4.70. The van der Waals surface area contributed by atoms with Gasteiger partial charge in [-0.2, -0.15) is 0 Å². The van der Waals surface area contributed by atoms with Crippen molar-refractivity contribution in [2.24, 2.45) is 5.92 Å². The third-order valence-electron chi connectivity index (χ3n) is 2.73. The van der Waals surface area contributed by atoms with Crippen LogP contribution < -0.4 is 10.1 Å². The molecule has 0 aliphatic rings. The Morgan fingerprint density at radius 1 is 1.53 bits per heavy atom. The Morgan fingerprint density at radius 3 is 2.65 bits per heavy atom. The molecule has 0 aromatic heterocycles. The molecule has 0 saturated heterocycles. The highest BCUT2D eigenvalue weighted by atomic mass is 79.9. The van der Waals surface area contributed by atoms with E-state index < -0.39 is 11.9 Å². The maximum atomic E-state index is 11.1. The van der Waals surface area contributed by atoms with E-state index in [0.717, 1.165) is 10.0 Å². The van der Waals surface area contributed by atoms with Crippen molar-refractivity contribution in [1.29, 1.82) is 0 Å². The fourth-order valence-corrected chi connectivity index (χ4v) is 2.14. The molecular weight excluding hydrogens is 286 g/mol. The molecule has 2 atom stereocenters. The standard InChI is InChI=1S/C12H16BrNO3/c1-7(12(15)16)11(14-2)9-6-8(13)4-5-10(9)17-3/h4-7,11,14H,1-3H3,(H,15,16). The van der Waals surface area contributed by atoms with Gasteiger partial charge in [-0.25, -0.2) is 0 Å². The van der Waals surface area contributed by atoms with Crippen LogP contribution in [0.15, 0.2) is 22.7 Å². The average molecular weight is 302 g/mol. The van der Waals surface area contributed by atoms with Gasteiger partial charge in [0.15, 0.2) is 0 Å². The van der Waals surface area contributed by atoms with E-state index in [1.807, 2.05) is 18.2 Å². The van der Waals surface area contributed by atoms with Crippen LogP contribution in [0.2, 0.25) is 0 Å². The van der Waals surface area contributed by atoms with Crippen LogP contribution in [-0.2, 0) is 4.79 Å². The summed E-state index contributed by atoms with van der Waals surface area (Å²) in [5, 5.41) is 12.1. The van der Waals surface area contributed by atoms with Crippen molar-refractivity contribution in [3.63, 3.8) is 0 Å². The first-order chi connectivity index (χ1) is 8.01. The number of rotatable bonds is 5. The van der Waals surface area contributed by atoms with Crippen LogP contribution in [0.4, 0.5) is 0 Å². The molecule has 0 bridgehead atoms. The van der Waals surface area contributed by atoms with Crippen molar-refractivity contribution in [2.75, 3.05) is 14.2 Å². The molecule has 94 valence electrons. The molecule has 0 heterocycles. The number of ether oxygens (including phenoxy) is 1. The minimum absolute atomic E-state index is 0.292. The maximum absolute atomic E-state index is 11.1. The third-order valence-corrected chi connectivity index (χ3v) is 3.22. The van der Waals surface area contributed by atoms with Gasteiger partial charge < -0.3 is 15.2 Å². The predicted octanol–water partition coefficient (Wildman–Crippen LogP) is 2.44. The molecule has 1 rings (SSSR count). The van der Waals surface area contributed by atoms with E-state index in [9.17, 15) is 4.79 Å². The molecule has 0 saturated carbocycles. The van der Waals surface area contributed by atoms with Crippen LogP contribution in [-0.4, -0.2) is 25.2 Å². The average Bonchev–Trinajstić information content (AvgIpc) is 2.30. The summed E-state index contributed by atoms with van der Waals surface area (Å²) in [7, 11) is 3.31. The lowest BCUT2D eigenvalue weighted by molar-refractivity contribution is -0.142. The number of hydrogen-bond donors (Lipinski definition) is 2. The van der Waals surface area contributed by atoms with E-state index in [0.29, 0.717) is 5.75 Å². The van der Waals surface area contributed by atoms with Crippen molar-refractivity contribution in [1.82, 2.24) is 5.32 Å².